The summed E-state index contributed by atoms with van der Waals surface area (Å²) in [6.07, 6.45) is 2.02. The van der Waals surface area contributed by atoms with E-state index in [1.54, 1.807) is 30.3 Å². The van der Waals surface area contributed by atoms with E-state index in [-0.39, 0.29) is 11.7 Å². The number of amides is 1. The van der Waals surface area contributed by atoms with Gasteiger partial charge in [0.1, 0.15) is 0 Å². The number of nitrogens with one attached hydrogen (secondary N) is 1. The van der Waals surface area contributed by atoms with E-state index in [2.05, 4.69) is 10.4 Å². The maximum absolute atomic E-state index is 13.8. The molecule has 0 unspecified atom stereocenters. The fourth-order valence-electron chi connectivity index (χ4n) is 5.94. The quantitative estimate of drug-likeness (QED) is 0.843. The van der Waals surface area contributed by atoms with Gasteiger partial charge in [0.05, 0.1) is 17.4 Å². The van der Waals surface area contributed by atoms with Gasteiger partial charge in [-0.15, -0.1) is 0 Å². The lowest BCUT2D eigenvalue weighted by Gasteiger charge is -2.54. The maximum Gasteiger partial charge on any atom is 0.434 e. The molecule has 4 bridgehead atoms. The Morgan fingerprint density at radius 2 is 1.61 bits per heavy atom. The Bertz CT molecular complexity index is 862. The molecule has 4 fully saturated rings. The van der Waals surface area contributed by atoms with Gasteiger partial charge in [0.25, 0.3) is 5.91 Å². The molecule has 1 heterocycles. The first kappa shape index (κ1) is 17.8. The van der Waals surface area contributed by atoms with E-state index in [1.807, 2.05) is 0 Å². The third kappa shape index (κ3) is 2.91. The minimum atomic E-state index is -4.68. The molecule has 0 spiro atoms. The summed E-state index contributed by atoms with van der Waals surface area (Å²) in [5.74, 6) is 1.62. The van der Waals surface area contributed by atoms with Crippen LogP contribution >= 0.6 is 0 Å². The summed E-state index contributed by atoms with van der Waals surface area (Å²) in [6, 6.07) is 8.09. The number of hydrogen-bond acceptors (Lipinski definition) is 2. The zero-order valence-electron chi connectivity index (χ0n) is 15.3. The van der Waals surface area contributed by atoms with Crippen LogP contribution in [-0.2, 0) is 6.18 Å². The molecule has 4 nitrogen and oxygen atoms in total. The molecule has 1 amide bonds. The average Bonchev–Trinajstić information content (AvgIpc) is 3.10. The molecule has 1 aromatic carbocycles. The van der Waals surface area contributed by atoms with Gasteiger partial charge in [-0.3, -0.25) is 4.79 Å². The molecule has 1 aromatic heterocycles. The molecule has 2 aromatic rings. The highest BCUT2D eigenvalue weighted by atomic mass is 19.4. The number of halogens is 3. The van der Waals surface area contributed by atoms with E-state index in [4.69, 9.17) is 0 Å². The van der Waals surface area contributed by atoms with Gasteiger partial charge in [-0.25, -0.2) is 4.68 Å². The topological polar surface area (TPSA) is 46.9 Å². The van der Waals surface area contributed by atoms with Gasteiger partial charge in [0, 0.05) is 6.04 Å². The molecule has 4 aliphatic rings. The van der Waals surface area contributed by atoms with Crippen molar-refractivity contribution in [3.05, 3.63) is 47.8 Å². The second-order valence-corrected chi connectivity index (χ2v) is 8.58. The van der Waals surface area contributed by atoms with Crippen LogP contribution in [-0.4, -0.2) is 21.7 Å². The molecule has 148 valence electrons. The van der Waals surface area contributed by atoms with Crippen molar-refractivity contribution >= 4 is 5.91 Å². The Balaban J connectivity index is 1.45. The number of hydrogen-bond donors (Lipinski definition) is 1. The predicted octanol–water partition coefficient (Wildman–Crippen LogP) is 4.45. The first-order chi connectivity index (χ1) is 13.4. The first-order valence-corrected chi connectivity index (χ1v) is 9.91. The van der Waals surface area contributed by atoms with Crippen LogP contribution in [0, 0.1) is 23.7 Å². The molecule has 0 atom stereocenters. The second kappa shape index (κ2) is 6.36. The van der Waals surface area contributed by atoms with Crippen LogP contribution in [0.15, 0.2) is 36.5 Å². The molecule has 0 saturated heterocycles. The molecule has 0 aliphatic heterocycles. The van der Waals surface area contributed by atoms with Crippen molar-refractivity contribution in [2.24, 2.45) is 23.7 Å². The van der Waals surface area contributed by atoms with Crippen molar-refractivity contribution in [1.82, 2.24) is 15.1 Å². The molecule has 7 heteroatoms. The standard InChI is InChI=1S/C21H22F3N3O/c22-21(23,24)19-17(11-25-27(19)16-4-2-1-3-5-16)20(28)26-18-14-7-12-6-13(9-14)10-15(18)8-12/h1-5,11-15,18H,6-10H2,(H,26,28). The Morgan fingerprint density at radius 1 is 1.00 bits per heavy atom. The van der Waals surface area contributed by atoms with E-state index in [9.17, 15) is 18.0 Å². The van der Waals surface area contributed by atoms with Crippen LogP contribution in [0.3, 0.4) is 0 Å². The van der Waals surface area contributed by atoms with Crippen molar-refractivity contribution in [1.29, 1.82) is 0 Å². The van der Waals surface area contributed by atoms with E-state index in [1.165, 1.54) is 6.42 Å². The Morgan fingerprint density at radius 3 is 2.18 bits per heavy atom. The van der Waals surface area contributed by atoms with Gasteiger partial charge in [-0.1, -0.05) is 18.2 Å². The summed E-state index contributed by atoms with van der Waals surface area (Å²) in [4.78, 5) is 12.9. The number of carbonyl (C=O) groups is 1. The SMILES string of the molecule is O=C(NC1C2CC3CC(C2)CC1C3)c1cnn(-c2ccccc2)c1C(F)(F)F. The summed E-state index contributed by atoms with van der Waals surface area (Å²) in [7, 11) is 0. The Labute approximate surface area is 161 Å². The smallest absolute Gasteiger partial charge is 0.349 e. The van der Waals surface area contributed by atoms with Gasteiger partial charge in [-0.2, -0.15) is 18.3 Å². The summed E-state index contributed by atoms with van der Waals surface area (Å²) in [6.45, 7) is 0. The minimum absolute atomic E-state index is 0.0125. The minimum Gasteiger partial charge on any atom is -0.349 e. The number of para-hydroxylation sites is 1. The zero-order valence-corrected chi connectivity index (χ0v) is 15.3. The number of aromatic nitrogens is 2. The van der Waals surface area contributed by atoms with Crippen LogP contribution in [0.1, 0.15) is 48.2 Å². The zero-order chi connectivity index (χ0) is 19.5. The molecule has 6 rings (SSSR count). The third-order valence-electron chi connectivity index (χ3n) is 6.81. The van der Waals surface area contributed by atoms with Gasteiger partial charge >= 0.3 is 6.18 Å². The van der Waals surface area contributed by atoms with Crippen molar-refractivity contribution in [3.8, 4) is 5.69 Å². The Kier molecular flexibility index (Phi) is 4.03. The lowest BCUT2D eigenvalue weighted by molar-refractivity contribution is -0.143. The molecule has 1 N–H and O–H groups in total. The number of rotatable bonds is 3. The lowest BCUT2D eigenvalue weighted by Crippen LogP contribution is -2.55. The van der Waals surface area contributed by atoms with E-state index < -0.39 is 23.3 Å². The summed E-state index contributed by atoms with van der Waals surface area (Å²) >= 11 is 0. The number of alkyl halides is 3. The maximum atomic E-state index is 13.8. The fraction of sp³-hybridized carbons (Fsp3) is 0.524. The van der Waals surface area contributed by atoms with Crippen LogP contribution in [0.2, 0.25) is 0 Å². The summed E-state index contributed by atoms with van der Waals surface area (Å²) in [5, 5.41) is 6.86. The largest absolute Gasteiger partial charge is 0.434 e. The molecular weight excluding hydrogens is 367 g/mol. The molecular formula is C21H22F3N3O. The van der Waals surface area contributed by atoms with Crippen LogP contribution in [0.4, 0.5) is 13.2 Å². The second-order valence-electron chi connectivity index (χ2n) is 8.58. The van der Waals surface area contributed by atoms with E-state index >= 15 is 0 Å². The van der Waals surface area contributed by atoms with E-state index in [0.29, 0.717) is 11.8 Å². The van der Waals surface area contributed by atoms with Crippen molar-refractivity contribution in [3.63, 3.8) is 0 Å². The highest BCUT2D eigenvalue weighted by Crippen LogP contribution is 2.53. The highest BCUT2D eigenvalue weighted by Gasteiger charge is 2.49. The number of nitrogens with zero attached hydrogens (tertiary/aromatic N) is 2. The summed E-state index contributed by atoms with van der Waals surface area (Å²) in [5.41, 5.74) is -1.13. The Hall–Kier alpha value is -2.31. The van der Waals surface area contributed by atoms with Gasteiger partial charge in [-0.05, 0) is 67.9 Å². The van der Waals surface area contributed by atoms with Crippen LogP contribution in [0.5, 0.6) is 0 Å². The lowest BCUT2D eigenvalue weighted by atomic mass is 9.54. The van der Waals surface area contributed by atoms with Crippen molar-refractivity contribution < 1.29 is 18.0 Å². The highest BCUT2D eigenvalue weighted by molar-refractivity contribution is 5.95. The average molecular weight is 389 g/mol. The van der Waals surface area contributed by atoms with Gasteiger partial charge in [0.15, 0.2) is 5.69 Å². The monoisotopic (exact) mass is 389 g/mol. The third-order valence-corrected chi connectivity index (χ3v) is 6.81. The van der Waals surface area contributed by atoms with Crippen molar-refractivity contribution in [2.75, 3.05) is 0 Å². The number of carbonyl (C=O) groups excluding carboxylic acids is 1. The molecule has 4 saturated carbocycles. The van der Waals surface area contributed by atoms with E-state index in [0.717, 1.165) is 48.4 Å². The van der Waals surface area contributed by atoms with Gasteiger partial charge in [0.2, 0.25) is 0 Å². The first-order valence-electron chi connectivity index (χ1n) is 9.91. The van der Waals surface area contributed by atoms with Crippen LogP contribution < -0.4 is 5.32 Å². The number of benzene rings is 1. The predicted molar refractivity (Wildman–Crippen MR) is 96.9 cm³/mol. The molecule has 4 aliphatic carbocycles. The fourth-order valence-corrected chi connectivity index (χ4v) is 5.94. The summed E-state index contributed by atoms with van der Waals surface area (Å²) < 4.78 is 42.3. The van der Waals surface area contributed by atoms with Crippen LogP contribution in [0.25, 0.3) is 5.69 Å². The van der Waals surface area contributed by atoms with Gasteiger partial charge < -0.3 is 5.32 Å². The molecule has 28 heavy (non-hydrogen) atoms. The van der Waals surface area contributed by atoms with Crippen molar-refractivity contribution in [2.45, 2.75) is 44.3 Å². The molecule has 0 radical (unpaired) electrons. The normalized spacial score (nSPS) is 31.2.